The number of rotatable bonds is 4. The Bertz CT molecular complexity index is 931. The van der Waals surface area contributed by atoms with E-state index in [4.69, 9.17) is 0 Å². The molecular weight excluding hydrogens is 344 g/mol. The summed E-state index contributed by atoms with van der Waals surface area (Å²) in [5.41, 5.74) is 2.36. The Balaban J connectivity index is 1.58. The number of piperidine rings is 1. The Morgan fingerprint density at radius 2 is 2.15 bits per heavy atom. The Hall–Kier alpha value is -2.51. The van der Waals surface area contributed by atoms with Gasteiger partial charge in [-0.1, -0.05) is 0 Å². The van der Waals surface area contributed by atoms with E-state index >= 15 is 0 Å². The van der Waals surface area contributed by atoms with Crippen LogP contribution in [0.5, 0.6) is 0 Å². The normalized spacial score (nSPS) is 20.4. The van der Waals surface area contributed by atoms with Crippen molar-refractivity contribution in [2.45, 2.75) is 25.9 Å². The second-order valence-electron chi connectivity index (χ2n) is 7.61. The van der Waals surface area contributed by atoms with E-state index in [9.17, 15) is 14.7 Å². The third-order valence-electron chi connectivity index (χ3n) is 5.86. The van der Waals surface area contributed by atoms with Crippen molar-refractivity contribution in [2.24, 2.45) is 18.4 Å². The van der Waals surface area contributed by atoms with Crippen molar-refractivity contribution in [2.75, 3.05) is 18.4 Å². The molecule has 3 heterocycles. The van der Waals surface area contributed by atoms with Crippen molar-refractivity contribution in [3.05, 3.63) is 46.6 Å². The van der Waals surface area contributed by atoms with Gasteiger partial charge in [-0.05, 0) is 61.5 Å². The van der Waals surface area contributed by atoms with Crippen LogP contribution in [0, 0.1) is 11.3 Å². The summed E-state index contributed by atoms with van der Waals surface area (Å²) >= 11 is 0. The van der Waals surface area contributed by atoms with Crippen molar-refractivity contribution >= 4 is 11.6 Å². The van der Waals surface area contributed by atoms with Gasteiger partial charge in [0.15, 0.2) is 0 Å². The van der Waals surface area contributed by atoms with E-state index in [1.807, 2.05) is 6.07 Å². The molecule has 1 unspecified atom stereocenters. The largest absolute Gasteiger partial charge is 0.390 e. The molecule has 1 saturated heterocycles. The van der Waals surface area contributed by atoms with Crippen LogP contribution in [0.15, 0.2) is 35.4 Å². The first-order valence-corrected chi connectivity index (χ1v) is 9.31. The summed E-state index contributed by atoms with van der Waals surface area (Å²) in [5.74, 6) is -0.0631. The summed E-state index contributed by atoms with van der Waals surface area (Å²) in [6.07, 6.45) is 6.29. The number of amides is 1. The van der Waals surface area contributed by atoms with Gasteiger partial charge in [-0.15, -0.1) is 0 Å². The monoisotopic (exact) mass is 368 g/mol. The summed E-state index contributed by atoms with van der Waals surface area (Å²) in [5, 5.41) is 15.5. The van der Waals surface area contributed by atoms with Crippen LogP contribution < -0.4 is 16.2 Å². The predicted molar refractivity (Wildman–Crippen MR) is 102 cm³/mol. The molecule has 142 valence electrons. The quantitative estimate of drug-likeness (QED) is 0.755. The highest BCUT2D eigenvalue weighted by Crippen LogP contribution is 2.58. The molecule has 27 heavy (non-hydrogen) atoms. The first-order valence-electron chi connectivity index (χ1n) is 9.31. The number of nitrogens with one attached hydrogen (secondary N) is 2. The van der Waals surface area contributed by atoms with Gasteiger partial charge in [-0.3, -0.25) is 14.6 Å². The number of aromatic nitrogens is 2. The van der Waals surface area contributed by atoms with Crippen LogP contribution in [-0.2, 0) is 18.4 Å². The lowest BCUT2D eigenvalue weighted by atomic mass is 9.92. The summed E-state index contributed by atoms with van der Waals surface area (Å²) in [7, 11) is 1.67. The van der Waals surface area contributed by atoms with E-state index in [-0.39, 0.29) is 29.4 Å². The number of aliphatic hydroxyl groups excluding tert-OH is 1. The van der Waals surface area contributed by atoms with E-state index in [0.717, 1.165) is 43.5 Å². The summed E-state index contributed by atoms with van der Waals surface area (Å²) < 4.78 is 1.47. The molecule has 0 bridgehead atoms. The molecular formula is C20H24N4O3. The zero-order chi connectivity index (χ0) is 19.0. The van der Waals surface area contributed by atoms with Gasteiger partial charge < -0.3 is 20.3 Å². The van der Waals surface area contributed by atoms with Crippen LogP contribution in [-0.4, -0.2) is 33.7 Å². The number of hydrogen-bond acceptors (Lipinski definition) is 5. The highest BCUT2D eigenvalue weighted by atomic mass is 16.3. The summed E-state index contributed by atoms with van der Waals surface area (Å²) in [6, 6.07) is 5.29. The van der Waals surface area contributed by atoms with E-state index in [1.54, 1.807) is 31.6 Å². The van der Waals surface area contributed by atoms with E-state index in [1.165, 1.54) is 4.57 Å². The molecule has 2 fully saturated rings. The number of anilines is 1. The highest BCUT2D eigenvalue weighted by Gasteiger charge is 2.57. The number of aryl methyl sites for hydroxylation is 1. The van der Waals surface area contributed by atoms with Crippen molar-refractivity contribution in [3.8, 4) is 11.1 Å². The Morgan fingerprint density at radius 3 is 2.89 bits per heavy atom. The van der Waals surface area contributed by atoms with Gasteiger partial charge >= 0.3 is 0 Å². The van der Waals surface area contributed by atoms with Crippen molar-refractivity contribution in [1.82, 2.24) is 14.9 Å². The highest BCUT2D eigenvalue weighted by molar-refractivity contribution is 5.95. The third kappa shape index (κ3) is 3.40. The first-order chi connectivity index (χ1) is 13.0. The number of carbonyl (C=O) groups is 1. The molecule has 4 rings (SSSR count). The number of nitrogens with zero attached hydrogens (tertiary/aromatic N) is 2. The van der Waals surface area contributed by atoms with Crippen molar-refractivity contribution in [3.63, 3.8) is 0 Å². The Labute approximate surface area is 157 Å². The Morgan fingerprint density at radius 1 is 1.37 bits per heavy atom. The lowest BCUT2D eigenvalue weighted by Crippen LogP contribution is -2.32. The van der Waals surface area contributed by atoms with Gasteiger partial charge in [0.25, 0.3) is 5.56 Å². The lowest BCUT2D eigenvalue weighted by Gasteiger charge is -2.23. The van der Waals surface area contributed by atoms with Gasteiger partial charge in [0, 0.05) is 30.9 Å². The molecule has 1 amide bonds. The van der Waals surface area contributed by atoms with Crippen molar-refractivity contribution in [1.29, 1.82) is 0 Å². The number of pyridine rings is 2. The molecule has 2 aromatic heterocycles. The fraction of sp³-hybridized carbons (Fsp3) is 0.450. The second-order valence-corrected chi connectivity index (χ2v) is 7.61. The fourth-order valence-electron chi connectivity index (χ4n) is 4.12. The van der Waals surface area contributed by atoms with Crippen LogP contribution in [0.2, 0.25) is 0 Å². The van der Waals surface area contributed by atoms with Gasteiger partial charge in [-0.25, -0.2) is 0 Å². The molecule has 1 aliphatic carbocycles. The second kappa shape index (κ2) is 6.90. The zero-order valence-electron chi connectivity index (χ0n) is 15.4. The lowest BCUT2D eigenvalue weighted by molar-refractivity contribution is -0.118. The van der Waals surface area contributed by atoms with Gasteiger partial charge in [-0.2, -0.15) is 0 Å². The van der Waals surface area contributed by atoms with E-state index < -0.39 is 0 Å². The maximum Gasteiger partial charge on any atom is 0.274 e. The van der Waals surface area contributed by atoms with Crippen LogP contribution in [0.4, 0.5) is 5.69 Å². The van der Waals surface area contributed by atoms with Crippen molar-refractivity contribution < 1.29 is 9.90 Å². The molecule has 1 aliphatic heterocycles. The first kappa shape index (κ1) is 17.9. The summed E-state index contributed by atoms with van der Waals surface area (Å²) in [6.45, 7) is 1.76. The topological polar surface area (TPSA) is 96.2 Å². The third-order valence-corrected chi connectivity index (χ3v) is 5.86. The average Bonchev–Trinajstić information content (AvgIpc) is 3.38. The molecule has 0 radical (unpaired) electrons. The minimum Gasteiger partial charge on any atom is -0.390 e. The fourth-order valence-corrected chi connectivity index (χ4v) is 4.12. The number of hydrogen-bond donors (Lipinski definition) is 3. The average molecular weight is 368 g/mol. The molecule has 7 nitrogen and oxygen atoms in total. The SMILES string of the molecule is Cn1cc(-c2ccnc(CO)c2)cc(NC(=O)C2CC23CCNCC3)c1=O. The van der Waals surface area contributed by atoms with Crippen LogP contribution >= 0.6 is 0 Å². The molecule has 1 atom stereocenters. The number of carbonyl (C=O) groups excluding carboxylic acids is 1. The smallest absolute Gasteiger partial charge is 0.274 e. The molecule has 0 aromatic carbocycles. The molecule has 2 aliphatic rings. The van der Waals surface area contributed by atoms with Crippen LogP contribution in [0.3, 0.4) is 0 Å². The molecule has 2 aromatic rings. The Kier molecular flexibility index (Phi) is 4.57. The zero-order valence-corrected chi connectivity index (χ0v) is 15.4. The summed E-state index contributed by atoms with van der Waals surface area (Å²) in [4.78, 5) is 29.3. The van der Waals surface area contributed by atoms with Gasteiger partial charge in [0.2, 0.25) is 5.91 Å². The van der Waals surface area contributed by atoms with Gasteiger partial charge in [0.1, 0.15) is 5.69 Å². The molecule has 1 saturated carbocycles. The minimum absolute atomic E-state index is 0.00474. The molecule has 3 N–H and O–H groups in total. The molecule has 7 heteroatoms. The minimum atomic E-state index is -0.233. The van der Waals surface area contributed by atoms with Gasteiger partial charge in [0.05, 0.1) is 12.3 Å². The van der Waals surface area contributed by atoms with E-state index in [2.05, 4.69) is 15.6 Å². The predicted octanol–water partition coefficient (Wildman–Crippen LogP) is 1.27. The standard InChI is InChI=1S/C20H24N4O3/c1-24-11-14(13-2-5-22-15(8-13)12-25)9-17(19(24)27)23-18(26)16-10-20(16)3-6-21-7-4-20/h2,5,8-9,11,16,21,25H,3-4,6-7,10,12H2,1H3,(H,23,26). The van der Waals surface area contributed by atoms with Crippen LogP contribution in [0.25, 0.3) is 11.1 Å². The molecule has 1 spiro atoms. The maximum atomic E-state index is 12.7. The maximum absolute atomic E-state index is 12.7. The van der Waals surface area contributed by atoms with Crippen LogP contribution in [0.1, 0.15) is 25.0 Å². The number of aliphatic hydroxyl groups is 1. The van der Waals surface area contributed by atoms with E-state index in [0.29, 0.717) is 11.4 Å².